The highest BCUT2D eigenvalue weighted by molar-refractivity contribution is 6.28. The van der Waals surface area contributed by atoms with Crippen molar-refractivity contribution in [2.45, 2.75) is 69.8 Å². The first-order chi connectivity index (χ1) is 11.8. The highest BCUT2D eigenvalue weighted by Gasteiger charge is 2.63. The molecule has 136 valence electrons. The van der Waals surface area contributed by atoms with Gasteiger partial charge in [-0.15, -0.1) is 11.6 Å². The summed E-state index contributed by atoms with van der Waals surface area (Å²) in [6, 6.07) is 0. The van der Waals surface area contributed by atoms with Gasteiger partial charge < -0.3 is 9.90 Å². The Morgan fingerprint density at radius 3 is 2.80 bits per heavy atom. The number of carbonyl (C=O) groups excluding carboxylic acids is 2. The Kier molecular flexibility index (Phi) is 3.87. The molecule has 25 heavy (non-hydrogen) atoms. The molecule has 1 N–H and O–H groups in total. The van der Waals surface area contributed by atoms with Crippen molar-refractivity contribution >= 4 is 23.7 Å². The van der Waals surface area contributed by atoms with E-state index in [1.807, 2.05) is 0 Å². The molecule has 0 heterocycles. The van der Waals surface area contributed by atoms with Crippen LogP contribution in [0.3, 0.4) is 0 Å². The summed E-state index contributed by atoms with van der Waals surface area (Å²) < 4.78 is 0. The van der Waals surface area contributed by atoms with Crippen LogP contribution in [0, 0.1) is 22.7 Å². The number of Topliss-reactive ketones (excluding diaryl/α,β-unsaturated/α-hetero) is 1. The highest BCUT2D eigenvalue weighted by atomic mass is 35.5. The Bertz CT molecular complexity index is 695. The minimum atomic E-state index is -1.13. The van der Waals surface area contributed by atoms with Gasteiger partial charge in [0.05, 0.1) is 5.60 Å². The van der Waals surface area contributed by atoms with E-state index in [1.165, 1.54) is 11.1 Å². The van der Waals surface area contributed by atoms with Crippen LogP contribution in [0.2, 0.25) is 0 Å². The van der Waals surface area contributed by atoms with Gasteiger partial charge in [-0.1, -0.05) is 37.1 Å². The van der Waals surface area contributed by atoms with Gasteiger partial charge in [0, 0.05) is 23.7 Å². The third-order valence-electron chi connectivity index (χ3n) is 8.11. The van der Waals surface area contributed by atoms with E-state index >= 15 is 0 Å². The SMILES string of the molecule is C[C@]12CCC(=O)CC1=CC[C@@H]1C2=CC[C@@]2(C)[C@H]1CC[C@]2(O)C(Cl)C=O. The summed E-state index contributed by atoms with van der Waals surface area (Å²) in [5, 5.41) is 10.4. The van der Waals surface area contributed by atoms with Gasteiger partial charge in [0.2, 0.25) is 0 Å². The highest BCUT2D eigenvalue weighted by Crippen LogP contribution is 2.65. The van der Waals surface area contributed by atoms with Crippen molar-refractivity contribution in [1.82, 2.24) is 0 Å². The molecule has 0 aromatic heterocycles. The fraction of sp³-hybridized carbons (Fsp3) is 0.714. The van der Waals surface area contributed by atoms with Crippen LogP contribution < -0.4 is 0 Å². The number of hydrogen-bond donors (Lipinski definition) is 1. The molecule has 2 fully saturated rings. The van der Waals surface area contributed by atoms with E-state index in [9.17, 15) is 14.7 Å². The van der Waals surface area contributed by atoms with Crippen molar-refractivity contribution in [1.29, 1.82) is 0 Å². The maximum Gasteiger partial charge on any atom is 0.140 e. The number of hydrogen-bond acceptors (Lipinski definition) is 3. The molecule has 0 amide bonds. The molecule has 0 aromatic rings. The van der Waals surface area contributed by atoms with Crippen LogP contribution in [0.5, 0.6) is 0 Å². The molecular weight excluding hydrogens is 336 g/mol. The molecule has 0 aliphatic heterocycles. The van der Waals surface area contributed by atoms with Crippen molar-refractivity contribution in [3.05, 3.63) is 23.3 Å². The van der Waals surface area contributed by atoms with Crippen molar-refractivity contribution in [3.63, 3.8) is 0 Å². The van der Waals surface area contributed by atoms with Gasteiger partial charge in [-0.05, 0) is 43.9 Å². The van der Waals surface area contributed by atoms with Gasteiger partial charge in [0.15, 0.2) is 0 Å². The van der Waals surface area contributed by atoms with Crippen molar-refractivity contribution in [2.75, 3.05) is 0 Å². The lowest BCUT2D eigenvalue weighted by Crippen LogP contribution is -2.55. The maximum absolute atomic E-state index is 11.9. The number of rotatable bonds is 2. The predicted molar refractivity (Wildman–Crippen MR) is 97.3 cm³/mol. The largest absolute Gasteiger partial charge is 0.387 e. The lowest BCUT2D eigenvalue weighted by atomic mass is 9.51. The summed E-state index contributed by atoms with van der Waals surface area (Å²) in [6.45, 7) is 4.41. The van der Waals surface area contributed by atoms with Crippen LogP contribution >= 0.6 is 11.6 Å². The van der Waals surface area contributed by atoms with Crippen LogP contribution in [-0.4, -0.2) is 28.2 Å². The first-order valence-corrected chi connectivity index (χ1v) is 9.93. The quantitative estimate of drug-likeness (QED) is 0.459. The average molecular weight is 363 g/mol. The number of halogens is 1. The molecule has 0 radical (unpaired) electrons. The molecule has 0 aromatic carbocycles. The molecule has 4 aliphatic rings. The van der Waals surface area contributed by atoms with Gasteiger partial charge >= 0.3 is 0 Å². The Balaban J connectivity index is 1.74. The predicted octanol–water partition coefficient (Wildman–Crippen LogP) is 3.98. The lowest BCUT2D eigenvalue weighted by Gasteiger charge is -2.54. The molecule has 4 aliphatic carbocycles. The zero-order chi connectivity index (χ0) is 18.0. The Morgan fingerprint density at radius 2 is 2.08 bits per heavy atom. The molecule has 3 nitrogen and oxygen atoms in total. The second-order valence-electron chi connectivity index (χ2n) is 9.01. The van der Waals surface area contributed by atoms with Crippen LogP contribution in [0.15, 0.2) is 23.3 Å². The Labute approximate surface area is 154 Å². The zero-order valence-electron chi connectivity index (χ0n) is 15.1. The number of aliphatic hydroxyl groups is 1. The first-order valence-electron chi connectivity index (χ1n) is 9.50. The number of ketones is 1. The molecule has 4 heteroatoms. The average Bonchev–Trinajstić information content (AvgIpc) is 2.87. The zero-order valence-corrected chi connectivity index (χ0v) is 15.8. The summed E-state index contributed by atoms with van der Waals surface area (Å²) in [5.41, 5.74) is 1.29. The molecule has 0 spiro atoms. The standard InChI is InChI=1S/C21H27ClO3/c1-19-8-5-14(24)11-13(19)3-4-15-16(19)6-9-20(2)17(15)7-10-21(20,25)18(22)12-23/h3,6,12,15,17-18,25H,4-5,7-11H2,1-2H3/t15-,17+,18?,19+,20+,21+/m1/s1. The third kappa shape index (κ3) is 2.15. The minimum absolute atomic E-state index is 0.00386. The number of allylic oxidation sites excluding steroid dienone is 4. The van der Waals surface area contributed by atoms with Crippen LogP contribution in [0.4, 0.5) is 0 Å². The van der Waals surface area contributed by atoms with Gasteiger partial charge in [0.25, 0.3) is 0 Å². The number of alkyl halides is 1. The number of fused-ring (bicyclic) bond motifs is 5. The van der Waals surface area contributed by atoms with Crippen LogP contribution in [-0.2, 0) is 9.59 Å². The second kappa shape index (κ2) is 5.53. The number of aldehydes is 1. The fourth-order valence-corrected chi connectivity index (χ4v) is 6.76. The van der Waals surface area contributed by atoms with Crippen molar-refractivity contribution in [3.8, 4) is 0 Å². The molecular formula is C21H27ClO3. The lowest BCUT2D eigenvalue weighted by molar-refractivity contribution is -0.121. The molecule has 0 bridgehead atoms. The van der Waals surface area contributed by atoms with E-state index in [1.54, 1.807) is 0 Å². The topological polar surface area (TPSA) is 54.4 Å². The summed E-state index contributed by atoms with van der Waals surface area (Å²) in [7, 11) is 0. The smallest absolute Gasteiger partial charge is 0.140 e. The van der Waals surface area contributed by atoms with E-state index in [0.717, 1.165) is 25.7 Å². The first kappa shape index (κ1) is 17.5. The Hall–Kier alpha value is -0.930. The second-order valence-corrected chi connectivity index (χ2v) is 9.48. The van der Waals surface area contributed by atoms with Gasteiger partial charge in [-0.2, -0.15) is 0 Å². The van der Waals surface area contributed by atoms with Gasteiger partial charge in [0.1, 0.15) is 17.4 Å². The molecule has 6 atom stereocenters. The summed E-state index contributed by atoms with van der Waals surface area (Å²) in [4.78, 5) is 23.2. The summed E-state index contributed by atoms with van der Waals surface area (Å²) in [6.07, 6.45) is 10.7. The molecule has 2 saturated carbocycles. The number of carbonyl (C=O) groups is 2. The van der Waals surface area contributed by atoms with Gasteiger partial charge in [-0.3, -0.25) is 4.79 Å². The van der Waals surface area contributed by atoms with Crippen molar-refractivity contribution < 1.29 is 14.7 Å². The monoisotopic (exact) mass is 362 g/mol. The molecule has 4 rings (SSSR count). The van der Waals surface area contributed by atoms with Crippen LogP contribution in [0.1, 0.15) is 58.8 Å². The van der Waals surface area contributed by atoms with E-state index in [-0.39, 0.29) is 10.8 Å². The summed E-state index contributed by atoms with van der Waals surface area (Å²) >= 11 is 6.26. The minimum Gasteiger partial charge on any atom is -0.387 e. The molecule has 0 saturated heterocycles. The van der Waals surface area contributed by atoms with Gasteiger partial charge in [-0.25, -0.2) is 0 Å². The van der Waals surface area contributed by atoms with Crippen LogP contribution in [0.25, 0.3) is 0 Å². The van der Waals surface area contributed by atoms with E-state index in [4.69, 9.17) is 11.6 Å². The fourth-order valence-electron chi connectivity index (χ4n) is 6.40. The summed E-state index contributed by atoms with van der Waals surface area (Å²) in [5.74, 6) is 1.09. The van der Waals surface area contributed by atoms with E-state index in [2.05, 4.69) is 26.0 Å². The maximum atomic E-state index is 11.9. The van der Waals surface area contributed by atoms with Crippen molar-refractivity contribution in [2.24, 2.45) is 22.7 Å². The Morgan fingerprint density at radius 1 is 1.32 bits per heavy atom. The van der Waals surface area contributed by atoms with E-state index < -0.39 is 11.0 Å². The molecule has 1 unspecified atom stereocenters. The van der Waals surface area contributed by atoms with E-state index in [0.29, 0.717) is 43.2 Å². The normalized spacial score (nSPS) is 47.1. The third-order valence-corrected chi connectivity index (χ3v) is 8.57.